The summed E-state index contributed by atoms with van der Waals surface area (Å²) in [7, 11) is 0. The average molecular weight is 254 g/mol. The van der Waals surface area contributed by atoms with Crippen LogP contribution in [0.15, 0.2) is 0 Å². The molecule has 18 heavy (non-hydrogen) atoms. The highest BCUT2D eigenvalue weighted by atomic mass is 16.3. The molecule has 1 saturated carbocycles. The first-order chi connectivity index (χ1) is 8.70. The van der Waals surface area contributed by atoms with Crippen LogP contribution in [-0.4, -0.2) is 36.2 Å². The van der Waals surface area contributed by atoms with Gasteiger partial charge in [0, 0.05) is 12.5 Å². The number of carbonyl (C=O) groups excluding carboxylic acids is 1. The summed E-state index contributed by atoms with van der Waals surface area (Å²) in [5, 5.41) is 16.0. The Labute approximate surface area is 110 Å². The maximum absolute atomic E-state index is 12.1. The second-order valence-electron chi connectivity index (χ2n) is 5.81. The molecule has 4 atom stereocenters. The summed E-state index contributed by atoms with van der Waals surface area (Å²) >= 11 is 0. The van der Waals surface area contributed by atoms with Gasteiger partial charge < -0.3 is 15.7 Å². The molecule has 0 spiro atoms. The van der Waals surface area contributed by atoms with Crippen molar-refractivity contribution in [3.8, 4) is 0 Å². The van der Waals surface area contributed by atoms with Gasteiger partial charge in [0.25, 0.3) is 0 Å². The molecule has 1 aliphatic heterocycles. The molecular formula is C14H26N2O2. The van der Waals surface area contributed by atoms with Crippen LogP contribution in [0.4, 0.5) is 0 Å². The minimum absolute atomic E-state index is 0.0257. The first kappa shape index (κ1) is 13.8. The highest BCUT2D eigenvalue weighted by Crippen LogP contribution is 2.25. The third-order valence-electron chi connectivity index (χ3n) is 4.56. The predicted octanol–water partition coefficient (Wildman–Crippen LogP) is 1.04. The van der Waals surface area contributed by atoms with Crippen molar-refractivity contribution in [1.29, 1.82) is 0 Å². The zero-order valence-corrected chi connectivity index (χ0v) is 11.3. The van der Waals surface area contributed by atoms with Gasteiger partial charge in [-0.1, -0.05) is 19.8 Å². The molecule has 0 radical (unpaired) electrons. The monoisotopic (exact) mass is 254 g/mol. The molecule has 1 amide bonds. The molecule has 0 aromatic carbocycles. The fourth-order valence-electron chi connectivity index (χ4n) is 3.18. The van der Waals surface area contributed by atoms with Crippen LogP contribution < -0.4 is 10.6 Å². The van der Waals surface area contributed by atoms with E-state index in [1.807, 2.05) is 0 Å². The summed E-state index contributed by atoms with van der Waals surface area (Å²) in [4.78, 5) is 12.1. The molecule has 0 aromatic rings. The maximum Gasteiger partial charge on any atom is 0.237 e. The SMILES string of the molecule is CCC1CCNC(C(=O)NCC2CCCC2O)C1. The van der Waals surface area contributed by atoms with Gasteiger partial charge in [0.05, 0.1) is 12.1 Å². The molecule has 0 aromatic heterocycles. The van der Waals surface area contributed by atoms with Crippen LogP contribution in [0.1, 0.15) is 45.4 Å². The Morgan fingerprint density at radius 1 is 1.39 bits per heavy atom. The van der Waals surface area contributed by atoms with Crippen LogP contribution in [0.3, 0.4) is 0 Å². The van der Waals surface area contributed by atoms with Crippen LogP contribution in [-0.2, 0) is 4.79 Å². The van der Waals surface area contributed by atoms with Gasteiger partial charge in [-0.05, 0) is 38.1 Å². The third kappa shape index (κ3) is 3.45. The third-order valence-corrected chi connectivity index (χ3v) is 4.56. The fourth-order valence-corrected chi connectivity index (χ4v) is 3.18. The smallest absolute Gasteiger partial charge is 0.237 e. The van der Waals surface area contributed by atoms with Gasteiger partial charge >= 0.3 is 0 Å². The van der Waals surface area contributed by atoms with E-state index in [1.165, 1.54) is 6.42 Å². The lowest BCUT2D eigenvalue weighted by Crippen LogP contribution is -2.49. The summed E-state index contributed by atoms with van der Waals surface area (Å²) in [6.07, 6.45) is 6.09. The van der Waals surface area contributed by atoms with Crippen molar-refractivity contribution in [3.63, 3.8) is 0 Å². The van der Waals surface area contributed by atoms with Crippen molar-refractivity contribution in [3.05, 3.63) is 0 Å². The van der Waals surface area contributed by atoms with Crippen LogP contribution in [0.2, 0.25) is 0 Å². The number of hydrogen-bond acceptors (Lipinski definition) is 3. The molecule has 0 bridgehead atoms. The van der Waals surface area contributed by atoms with E-state index in [4.69, 9.17) is 0 Å². The Hall–Kier alpha value is -0.610. The van der Waals surface area contributed by atoms with E-state index in [0.717, 1.165) is 38.6 Å². The normalized spacial score (nSPS) is 36.6. The largest absolute Gasteiger partial charge is 0.393 e. The molecule has 1 saturated heterocycles. The Morgan fingerprint density at radius 3 is 2.89 bits per heavy atom. The average Bonchev–Trinajstić information content (AvgIpc) is 2.81. The first-order valence-corrected chi connectivity index (χ1v) is 7.39. The number of nitrogens with one attached hydrogen (secondary N) is 2. The molecule has 2 rings (SSSR count). The molecular weight excluding hydrogens is 228 g/mol. The van der Waals surface area contributed by atoms with E-state index in [9.17, 15) is 9.90 Å². The standard InChI is InChI=1S/C14H26N2O2/c1-2-10-6-7-15-12(8-10)14(18)16-9-11-4-3-5-13(11)17/h10-13,15,17H,2-9H2,1H3,(H,16,18). The fraction of sp³-hybridized carbons (Fsp3) is 0.929. The van der Waals surface area contributed by atoms with Crippen molar-refractivity contribution in [2.24, 2.45) is 11.8 Å². The van der Waals surface area contributed by atoms with Crippen LogP contribution in [0.5, 0.6) is 0 Å². The van der Waals surface area contributed by atoms with E-state index < -0.39 is 0 Å². The summed E-state index contributed by atoms with van der Waals surface area (Å²) in [6, 6.07) is -0.0257. The van der Waals surface area contributed by atoms with Crippen LogP contribution in [0, 0.1) is 11.8 Å². The number of carbonyl (C=O) groups is 1. The summed E-state index contributed by atoms with van der Waals surface area (Å²) in [5.41, 5.74) is 0. The number of aliphatic hydroxyl groups is 1. The Bertz CT molecular complexity index is 283. The lowest BCUT2D eigenvalue weighted by molar-refractivity contribution is -0.124. The minimum Gasteiger partial charge on any atom is -0.393 e. The Balaban J connectivity index is 1.73. The van der Waals surface area contributed by atoms with Gasteiger partial charge in [0.15, 0.2) is 0 Å². The molecule has 104 valence electrons. The zero-order chi connectivity index (χ0) is 13.0. The van der Waals surface area contributed by atoms with Crippen molar-refractivity contribution < 1.29 is 9.90 Å². The highest BCUT2D eigenvalue weighted by Gasteiger charge is 2.28. The van der Waals surface area contributed by atoms with E-state index in [1.54, 1.807) is 0 Å². The van der Waals surface area contributed by atoms with Gasteiger partial charge in [-0.2, -0.15) is 0 Å². The van der Waals surface area contributed by atoms with Crippen molar-refractivity contribution >= 4 is 5.91 Å². The zero-order valence-electron chi connectivity index (χ0n) is 11.3. The number of amides is 1. The number of rotatable bonds is 4. The molecule has 2 fully saturated rings. The molecule has 4 unspecified atom stereocenters. The van der Waals surface area contributed by atoms with Crippen LogP contribution in [0.25, 0.3) is 0 Å². The van der Waals surface area contributed by atoms with Gasteiger partial charge in [-0.15, -0.1) is 0 Å². The number of piperidine rings is 1. The van der Waals surface area contributed by atoms with Gasteiger partial charge in [-0.25, -0.2) is 0 Å². The highest BCUT2D eigenvalue weighted by molar-refractivity contribution is 5.81. The summed E-state index contributed by atoms with van der Waals surface area (Å²) in [6.45, 7) is 3.78. The quantitative estimate of drug-likeness (QED) is 0.702. The lowest BCUT2D eigenvalue weighted by atomic mass is 9.90. The van der Waals surface area contributed by atoms with E-state index >= 15 is 0 Å². The first-order valence-electron chi connectivity index (χ1n) is 7.39. The van der Waals surface area contributed by atoms with Gasteiger partial charge in [-0.3, -0.25) is 4.79 Å². The molecule has 3 N–H and O–H groups in total. The Morgan fingerprint density at radius 2 is 2.22 bits per heavy atom. The molecule has 2 aliphatic rings. The van der Waals surface area contributed by atoms with Gasteiger partial charge in [0.2, 0.25) is 5.91 Å². The van der Waals surface area contributed by atoms with Crippen molar-refractivity contribution in [2.45, 2.75) is 57.6 Å². The summed E-state index contributed by atoms with van der Waals surface area (Å²) in [5.74, 6) is 1.06. The second-order valence-corrected chi connectivity index (χ2v) is 5.81. The predicted molar refractivity (Wildman–Crippen MR) is 71.2 cm³/mol. The lowest BCUT2D eigenvalue weighted by Gasteiger charge is -2.29. The van der Waals surface area contributed by atoms with E-state index in [-0.39, 0.29) is 24.0 Å². The minimum atomic E-state index is -0.215. The second kappa shape index (κ2) is 6.53. The molecule has 4 heteroatoms. The summed E-state index contributed by atoms with van der Waals surface area (Å²) < 4.78 is 0. The van der Waals surface area contributed by atoms with E-state index in [0.29, 0.717) is 12.5 Å². The Kier molecular flexibility index (Phi) is 5.01. The van der Waals surface area contributed by atoms with Gasteiger partial charge in [0.1, 0.15) is 0 Å². The van der Waals surface area contributed by atoms with Crippen LogP contribution >= 0.6 is 0 Å². The maximum atomic E-state index is 12.1. The molecule has 4 nitrogen and oxygen atoms in total. The molecule has 1 aliphatic carbocycles. The van der Waals surface area contributed by atoms with Crippen molar-refractivity contribution in [1.82, 2.24) is 10.6 Å². The van der Waals surface area contributed by atoms with E-state index in [2.05, 4.69) is 17.6 Å². The van der Waals surface area contributed by atoms with Crippen molar-refractivity contribution in [2.75, 3.05) is 13.1 Å². The molecule has 1 heterocycles. The number of hydrogen-bond donors (Lipinski definition) is 3. The number of aliphatic hydroxyl groups excluding tert-OH is 1. The topological polar surface area (TPSA) is 61.4 Å².